The number of methoxy groups -OCH3 is 1. The summed E-state index contributed by atoms with van der Waals surface area (Å²) in [6.07, 6.45) is 0.524. The molecular weight excluding hydrogens is 262 g/mol. The van der Waals surface area contributed by atoms with E-state index in [1.807, 2.05) is 0 Å². The van der Waals surface area contributed by atoms with Crippen molar-refractivity contribution in [1.29, 1.82) is 0 Å². The molecule has 0 radical (unpaired) electrons. The first-order valence-corrected chi connectivity index (χ1v) is 6.35. The standard InChI is InChI=1S/C14H17NO5/c1-19-11-4-2-3-10(9-11)12(16)15-14(13(17)18)5-7-20-8-6-14/h2-4,9H,5-8H2,1H3,(H,15,16)(H,17,18). The first-order valence-electron chi connectivity index (χ1n) is 6.35. The van der Waals surface area contributed by atoms with Crippen molar-refractivity contribution in [1.82, 2.24) is 5.32 Å². The predicted octanol–water partition coefficient (Wildman–Crippen LogP) is 1.06. The number of nitrogens with one attached hydrogen (secondary N) is 1. The zero-order valence-corrected chi connectivity index (χ0v) is 11.2. The highest BCUT2D eigenvalue weighted by molar-refractivity contribution is 5.98. The van der Waals surface area contributed by atoms with Gasteiger partial charge in [0.1, 0.15) is 11.3 Å². The van der Waals surface area contributed by atoms with Gasteiger partial charge in [-0.15, -0.1) is 0 Å². The lowest BCUT2D eigenvalue weighted by atomic mass is 9.89. The van der Waals surface area contributed by atoms with Crippen molar-refractivity contribution in [2.24, 2.45) is 0 Å². The molecular formula is C14H17NO5. The van der Waals surface area contributed by atoms with E-state index in [0.717, 1.165) is 0 Å². The number of carboxylic acids is 1. The SMILES string of the molecule is COc1cccc(C(=O)NC2(C(=O)O)CCOCC2)c1. The maximum absolute atomic E-state index is 12.2. The molecule has 1 aromatic rings. The van der Waals surface area contributed by atoms with Gasteiger partial charge >= 0.3 is 5.97 Å². The van der Waals surface area contributed by atoms with Crippen LogP contribution in [0.1, 0.15) is 23.2 Å². The summed E-state index contributed by atoms with van der Waals surface area (Å²) in [6, 6.07) is 6.60. The largest absolute Gasteiger partial charge is 0.497 e. The van der Waals surface area contributed by atoms with Gasteiger partial charge in [0.25, 0.3) is 5.91 Å². The molecule has 0 unspecified atom stereocenters. The van der Waals surface area contributed by atoms with Crippen LogP contribution in [0.3, 0.4) is 0 Å². The van der Waals surface area contributed by atoms with E-state index in [2.05, 4.69) is 5.32 Å². The lowest BCUT2D eigenvalue weighted by Crippen LogP contribution is -2.57. The Morgan fingerprint density at radius 1 is 1.35 bits per heavy atom. The zero-order chi connectivity index (χ0) is 14.6. The summed E-state index contributed by atoms with van der Waals surface area (Å²) in [5.74, 6) is -0.903. The molecule has 1 saturated heterocycles. The van der Waals surface area contributed by atoms with Gasteiger partial charge in [-0.2, -0.15) is 0 Å². The Morgan fingerprint density at radius 2 is 2.05 bits per heavy atom. The Morgan fingerprint density at radius 3 is 2.65 bits per heavy atom. The minimum atomic E-state index is -1.25. The third-order valence-corrected chi connectivity index (χ3v) is 3.44. The van der Waals surface area contributed by atoms with Gasteiger partial charge in [0.2, 0.25) is 0 Å². The van der Waals surface area contributed by atoms with Crippen molar-refractivity contribution in [3.63, 3.8) is 0 Å². The third-order valence-electron chi connectivity index (χ3n) is 3.44. The molecule has 1 fully saturated rings. The molecule has 0 aromatic heterocycles. The van der Waals surface area contributed by atoms with E-state index >= 15 is 0 Å². The summed E-state index contributed by atoms with van der Waals surface area (Å²) < 4.78 is 10.2. The molecule has 1 aliphatic heterocycles. The average molecular weight is 279 g/mol. The Kier molecular flexibility index (Phi) is 4.24. The van der Waals surface area contributed by atoms with Crippen LogP contribution in [0.5, 0.6) is 5.75 Å². The molecule has 1 aliphatic rings. The van der Waals surface area contributed by atoms with E-state index < -0.39 is 17.4 Å². The van der Waals surface area contributed by atoms with Gasteiger partial charge in [-0.05, 0) is 18.2 Å². The zero-order valence-electron chi connectivity index (χ0n) is 11.2. The van der Waals surface area contributed by atoms with E-state index in [0.29, 0.717) is 24.5 Å². The molecule has 1 amide bonds. The van der Waals surface area contributed by atoms with Crippen LogP contribution in [0.4, 0.5) is 0 Å². The second kappa shape index (κ2) is 5.92. The average Bonchev–Trinajstić information content (AvgIpc) is 2.48. The second-order valence-electron chi connectivity index (χ2n) is 4.69. The van der Waals surface area contributed by atoms with E-state index in [1.165, 1.54) is 7.11 Å². The Bertz CT molecular complexity index is 508. The van der Waals surface area contributed by atoms with Crippen LogP contribution in [0.25, 0.3) is 0 Å². The first kappa shape index (κ1) is 14.3. The molecule has 0 spiro atoms. The number of ether oxygens (including phenoxy) is 2. The quantitative estimate of drug-likeness (QED) is 0.860. The number of aliphatic carboxylic acids is 1. The van der Waals surface area contributed by atoms with Crippen LogP contribution in [-0.4, -0.2) is 42.8 Å². The van der Waals surface area contributed by atoms with Crippen LogP contribution in [-0.2, 0) is 9.53 Å². The normalized spacial score (nSPS) is 17.2. The first-order chi connectivity index (χ1) is 9.57. The lowest BCUT2D eigenvalue weighted by molar-refractivity contribution is -0.148. The maximum Gasteiger partial charge on any atom is 0.329 e. The summed E-state index contributed by atoms with van der Waals surface area (Å²) in [6.45, 7) is 0.648. The fourth-order valence-electron chi connectivity index (χ4n) is 2.17. The van der Waals surface area contributed by atoms with Gasteiger partial charge in [0.05, 0.1) is 7.11 Å². The molecule has 0 atom stereocenters. The van der Waals surface area contributed by atoms with Gasteiger partial charge in [-0.25, -0.2) is 4.79 Å². The van der Waals surface area contributed by atoms with Gasteiger partial charge in [-0.3, -0.25) is 4.79 Å². The molecule has 108 valence electrons. The van der Waals surface area contributed by atoms with E-state index in [9.17, 15) is 14.7 Å². The number of carbonyl (C=O) groups is 2. The van der Waals surface area contributed by atoms with Crippen molar-refractivity contribution >= 4 is 11.9 Å². The van der Waals surface area contributed by atoms with Gasteiger partial charge in [0.15, 0.2) is 0 Å². The minimum absolute atomic E-state index is 0.262. The van der Waals surface area contributed by atoms with Crippen LogP contribution < -0.4 is 10.1 Å². The lowest BCUT2D eigenvalue weighted by Gasteiger charge is -2.33. The van der Waals surface area contributed by atoms with E-state index in [-0.39, 0.29) is 12.8 Å². The van der Waals surface area contributed by atoms with Crippen LogP contribution >= 0.6 is 0 Å². The highest BCUT2D eigenvalue weighted by Gasteiger charge is 2.41. The van der Waals surface area contributed by atoms with Gasteiger partial charge < -0.3 is 19.9 Å². The molecule has 20 heavy (non-hydrogen) atoms. The van der Waals surface area contributed by atoms with E-state index in [4.69, 9.17) is 9.47 Å². The van der Waals surface area contributed by atoms with Crippen molar-refractivity contribution in [2.75, 3.05) is 20.3 Å². The summed E-state index contributed by atoms with van der Waals surface area (Å²) in [4.78, 5) is 23.7. The highest BCUT2D eigenvalue weighted by atomic mass is 16.5. The number of rotatable bonds is 4. The molecule has 0 saturated carbocycles. The number of carbonyl (C=O) groups excluding carboxylic acids is 1. The highest BCUT2D eigenvalue weighted by Crippen LogP contribution is 2.22. The summed E-state index contributed by atoms with van der Waals surface area (Å²) in [5, 5.41) is 12.0. The van der Waals surface area contributed by atoms with Crippen molar-refractivity contribution in [2.45, 2.75) is 18.4 Å². The smallest absolute Gasteiger partial charge is 0.329 e. The number of hydrogen-bond donors (Lipinski definition) is 2. The molecule has 1 heterocycles. The fourth-order valence-corrected chi connectivity index (χ4v) is 2.17. The van der Waals surface area contributed by atoms with Gasteiger partial charge in [0, 0.05) is 31.6 Å². The molecule has 2 rings (SSSR count). The summed E-state index contributed by atoms with van der Waals surface area (Å²) in [7, 11) is 1.51. The van der Waals surface area contributed by atoms with E-state index in [1.54, 1.807) is 24.3 Å². The minimum Gasteiger partial charge on any atom is -0.497 e. The third kappa shape index (κ3) is 2.91. The number of amides is 1. The number of hydrogen-bond acceptors (Lipinski definition) is 4. The van der Waals surface area contributed by atoms with Crippen molar-refractivity contribution < 1.29 is 24.2 Å². The number of benzene rings is 1. The second-order valence-corrected chi connectivity index (χ2v) is 4.69. The maximum atomic E-state index is 12.2. The predicted molar refractivity (Wildman–Crippen MR) is 70.9 cm³/mol. The van der Waals surface area contributed by atoms with Crippen molar-refractivity contribution in [3.8, 4) is 5.75 Å². The van der Waals surface area contributed by atoms with Gasteiger partial charge in [-0.1, -0.05) is 6.07 Å². The monoisotopic (exact) mass is 279 g/mol. The summed E-state index contributed by atoms with van der Waals surface area (Å²) in [5.41, 5.74) is -0.880. The van der Waals surface area contributed by atoms with Crippen molar-refractivity contribution in [3.05, 3.63) is 29.8 Å². The molecule has 6 heteroatoms. The molecule has 1 aromatic carbocycles. The fraction of sp³-hybridized carbons (Fsp3) is 0.429. The Labute approximate surface area is 116 Å². The topological polar surface area (TPSA) is 84.9 Å². The molecule has 6 nitrogen and oxygen atoms in total. The Balaban J connectivity index is 2.17. The molecule has 2 N–H and O–H groups in total. The molecule has 0 aliphatic carbocycles. The van der Waals surface area contributed by atoms with Crippen LogP contribution in [0.2, 0.25) is 0 Å². The Hall–Kier alpha value is -2.08. The number of carboxylic acid groups (broad SMARTS) is 1. The summed E-state index contributed by atoms with van der Waals surface area (Å²) >= 11 is 0. The van der Waals surface area contributed by atoms with Crippen LogP contribution in [0, 0.1) is 0 Å². The van der Waals surface area contributed by atoms with Crippen LogP contribution in [0.15, 0.2) is 24.3 Å². The molecule has 0 bridgehead atoms.